The van der Waals surface area contributed by atoms with Crippen molar-refractivity contribution in [2.75, 3.05) is 19.7 Å². The number of nitrogens with zero attached hydrogens (tertiary/aromatic N) is 1. The molecule has 4 nitrogen and oxygen atoms in total. The zero-order valence-corrected chi connectivity index (χ0v) is 14.5. The molecule has 1 aromatic heterocycles. The number of halogens is 2. The molecule has 0 saturated carbocycles. The molecule has 2 aliphatic heterocycles. The summed E-state index contributed by atoms with van der Waals surface area (Å²) in [5.74, 6) is 0.289. The molecule has 2 aromatic rings. The summed E-state index contributed by atoms with van der Waals surface area (Å²) in [4.78, 5) is 5.53. The highest BCUT2D eigenvalue weighted by Crippen LogP contribution is 2.38. The maximum Gasteiger partial charge on any atom is 0.387 e. The summed E-state index contributed by atoms with van der Waals surface area (Å²) in [6, 6.07) is 3.66. The number of rotatable bonds is 4. The molecule has 1 aromatic carbocycles. The van der Waals surface area contributed by atoms with Gasteiger partial charge in [-0.3, -0.25) is 4.90 Å². The molecule has 136 valence electrons. The minimum atomic E-state index is -2.81. The molecule has 0 bridgehead atoms. The van der Waals surface area contributed by atoms with Gasteiger partial charge in [-0.1, -0.05) is 0 Å². The Balaban J connectivity index is 1.58. The van der Waals surface area contributed by atoms with E-state index in [9.17, 15) is 8.78 Å². The van der Waals surface area contributed by atoms with Gasteiger partial charge in [-0.2, -0.15) is 8.78 Å². The highest BCUT2D eigenvalue weighted by Gasteiger charge is 2.38. The Morgan fingerprint density at radius 1 is 1.32 bits per heavy atom. The summed E-state index contributed by atoms with van der Waals surface area (Å²) in [7, 11) is 0. The van der Waals surface area contributed by atoms with Crippen molar-refractivity contribution < 1.29 is 18.3 Å². The van der Waals surface area contributed by atoms with Crippen LogP contribution in [0.15, 0.2) is 18.3 Å². The second kappa shape index (κ2) is 6.57. The van der Waals surface area contributed by atoms with E-state index in [1.165, 1.54) is 0 Å². The number of aromatic amines is 1. The van der Waals surface area contributed by atoms with E-state index in [2.05, 4.69) is 9.88 Å². The number of aryl methyl sites for hydroxylation is 1. The lowest BCUT2D eigenvalue weighted by molar-refractivity contribution is -0.0526. The summed E-state index contributed by atoms with van der Waals surface area (Å²) in [5.41, 5.74) is 2.81. The average Bonchev–Trinajstić information content (AvgIpc) is 3.23. The first-order valence-electron chi connectivity index (χ1n) is 8.97. The van der Waals surface area contributed by atoms with Crippen molar-refractivity contribution in [2.45, 2.75) is 51.4 Å². The lowest BCUT2D eigenvalue weighted by atomic mass is 9.88. The molecular formula is C19H24F2N2O2. The quantitative estimate of drug-likeness (QED) is 0.897. The molecule has 4 rings (SSSR count). The molecule has 2 saturated heterocycles. The fraction of sp³-hybridized carbons (Fsp3) is 0.579. The molecule has 0 amide bonds. The van der Waals surface area contributed by atoms with Gasteiger partial charge in [0.15, 0.2) is 0 Å². The molecule has 1 N–H and O–H groups in total. The van der Waals surface area contributed by atoms with Crippen LogP contribution in [0.25, 0.3) is 10.9 Å². The number of ether oxygens (including phenoxy) is 2. The zero-order chi connectivity index (χ0) is 17.4. The third-order valence-electron chi connectivity index (χ3n) is 5.66. The molecule has 0 radical (unpaired) electrons. The van der Waals surface area contributed by atoms with E-state index in [0.29, 0.717) is 6.54 Å². The number of aromatic nitrogens is 1. The third-order valence-corrected chi connectivity index (χ3v) is 5.66. The summed E-state index contributed by atoms with van der Waals surface area (Å²) in [6.07, 6.45) is 6.17. The molecule has 0 unspecified atom stereocenters. The number of nitrogens with one attached hydrogen (secondary N) is 1. The number of fused-ring (bicyclic) bond motifs is 1. The van der Waals surface area contributed by atoms with Crippen LogP contribution in [-0.2, 0) is 11.3 Å². The summed E-state index contributed by atoms with van der Waals surface area (Å²) in [5, 5.41) is 0.966. The van der Waals surface area contributed by atoms with Crippen molar-refractivity contribution in [1.29, 1.82) is 0 Å². The molecule has 2 fully saturated rings. The molecular weight excluding hydrogens is 326 g/mol. The maximum absolute atomic E-state index is 12.9. The first-order valence-corrected chi connectivity index (χ1v) is 8.97. The SMILES string of the molecule is Cc1cc(OC(F)F)c(CN2CCC3(CCCO3)CC2)c2cc[nH]c12. The number of alkyl halides is 2. The maximum atomic E-state index is 12.9. The van der Waals surface area contributed by atoms with Crippen LogP contribution in [0.5, 0.6) is 5.75 Å². The first-order chi connectivity index (χ1) is 12.1. The van der Waals surface area contributed by atoms with Crippen LogP contribution in [0, 0.1) is 6.92 Å². The molecule has 3 heterocycles. The summed E-state index contributed by atoms with van der Waals surface area (Å²) >= 11 is 0. The van der Waals surface area contributed by atoms with Crippen LogP contribution in [0.1, 0.15) is 36.8 Å². The number of piperidine rings is 1. The largest absolute Gasteiger partial charge is 0.434 e. The van der Waals surface area contributed by atoms with Gasteiger partial charge in [-0.25, -0.2) is 0 Å². The predicted octanol–water partition coefficient (Wildman–Crippen LogP) is 4.22. The van der Waals surface area contributed by atoms with Crippen LogP contribution in [0.2, 0.25) is 0 Å². The Kier molecular flexibility index (Phi) is 4.41. The van der Waals surface area contributed by atoms with Gasteiger partial charge in [0.25, 0.3) is 0 Å². The Hall–Kier alpha value is -1.66. The monoisotopic (exact) mass is 350 g/mol. The van der Waals surface area contributed by atoms with Gasteiger partial charge in [0.2, 0.25) is 0 Å². The van der Waals surface area contributed by atoms with Crippen molar-refractivity contribution >= 4 is 10.9 Å². The van der Waals surface area contributed by atoms with Gasteiger partial charge in [0.1, 0.15) is 5.75 Å². The molecule has 0 aliphatic carbocycles. The molecule has 25 heavy (non-hydrogen) atoms. The molecule has 2 aliphatic rings. The van der Waals surface area contributed by atoms with Gasteiger partial charge >= 0.3 is 6.61 Å². The lowest BCUT2D eigenvalue weighted by Crippen LogP contribution is -2.43. The Labute approximate surface area is 146 Å². The highest BCUT2D eigenvalue weighted by molar-refractivity contribution is 5.88. The van der Waals surface area contributed by atoms with E-state index in [1.807, 2.05) is 19.2 Å². The Morgan fingerprint density at radius 3 is 2.80 bits per heavy atom. The van der Waals surface area contributed by atoms with E-state index < -0.39 is 6.61 Å². The van der Waals surface area contributed by atoms with Gasteiger partial charge in [0.05, 0.1) is 5.60 Å². The van der Waals surface area contributed by atoms with E-state index >= 15 is 0 Å². The Bertz CT molecular complexity index is 743. The molecule has 1 spiro atoms. The summed E-state index contributed by atoms with van der Waals surface area (Å²) < 4.78 is 36.6. The first kappa shape index (κ1) is 16.8. The average molecular weight is 350 g/mol. The standard InChI is InChI=1S/C19H24F2N2O2/c1-13-11-16(25-18(20)21)15(14-3-7-22-17(13)14)12-23-8-5-19(6-9-23)4-2-10-24-19/h3,7,11,18,22H,2,4-6,8-10,12H2,1H3. The third kappa shape index (κ3) is 3.25. The molecule has 0 atom stereocenters. The smallest absolute Gasteiger partial charge is 0.387 e. The number of hydrogen-bond donors (Lipinski definition) is 1. The van der Waals surface area contributed by atoms with Crippen molar-refractivity contribution in [3.63, 3.8) is 0 Å². The highest BCUT2D eigenvalue weighted by atomic mass is 19.3. The Morgan fingerprint density at radius 2 is 2.12 bits per heavy atom. The van der Waals surface area contributed by atoms with Crippen molar-refractivity contribution in [3.05, 3.63) is 29.5 Å². The predicted molar refractivity (Wildman–Crippen MR) is 92.1 cm³/mol. The second-order valence-corrected chi connectivity index (χ2v) is 7.23. The topological polar surface area (TPSA) is 37.5 Å². The fourth-order valence-corrected chi connectivity index (χ4v) is 4.29. The fourth-order valence-electron chi connectivity index (χ4n) is 4.29. The van der Waals surface area contributed by atoms with Gasteiger partial charge in [-0.15, -0.1) is 0 Å². The van der Waals surface area contributed by atoms with Crippen LogP contribution >= 0.6 is 0 Å². The number of hydrogen-bond acceptors (Lipinski definition) is 3. The van der Waals surface area contributed by atoms with E-state index in [0.717, 1.165) is 67.4 Å². The van der Waals surface area contributed by atoms with E-state index in [4.69, 9.17) is 9.47 Å². The van der Waals surface area contributed by atoms with Gasteiger partial charge in [-0.05, 0) is 50.3 Å². The van der Waals surface area contributed by atoms with Crippen molar-refractivity contribution in [3.8, 4) is 5.75 Å². The number of H-pyrrole nitrogens is 1. The van der Waals surface area contributed by atoms with Gasteiger partial charge in [0, 0.05) is 48.9 Å². The minimum Gasteiger partial charge on any atom is -0.434 e. The van der Waals surface area contributed by atoms with Crippen LogP contribution in [0.4, 0.5) is 8.78 Å². The van der Waals surface area contributed by atoms with E-state index in [-0.39, 0.29) is 11.4 Å². The van der Waals surface area contributed by atoms with Crippen molar-refractivity contribution in [2.24, 2.45) is 0 Å². The van der Waals surface area contributed by atoms with Gasteiger partial charge < -0.3 is 14.5 Å². The number of benzene rings is 1. The zero-order valence-electron chi connectivity index (χ0n) is 14.5. The lowest BCUT2D eigenvalue weighted by Gasteiger charge is -2.38. The number of likely N-dealkylation sites (tertiary alicyclic amines) is 1. The summed E-state index contributed by atoms with van der Waals surface area (Å²) in [6.45, 7) is 2.43. The normalized spacial score (nSPS) is 20.8. The molecule has 6 heteroatoms. The van der Waals surface area contributed by atoms with Crippen LogP contribution in [-0.4, -0.2) is 41.8 Å². The second-order valence-electron chi connectivity index (χ2n) is 7.23. The van der Waals surface area contributed by atoms with Crippen LogP contribution in [0.3, 0.4) is 0 Å². The van der Waals surface area contributed by atoms with Crippen molar-refractivity contribution in [1.82, 2.24) is 9.88 Å². The minimum absolute atomic E-state index is 0.0650. The van der Waals surface area contributed by atoms with Crippen LogP contribution < -0.4 is 4.74 Å². The van der Waals surface area contributed by atoms with E-state index in [1.54, 1.807) is 6.07 Å².